The highest BCUT2D eigenvalue weighted by atomic mass is 127. The molecule has 0 atom stereocenters. The second-order valence-corrected chi connectivity index (χ2v) is 12.6. The third kappa shape index (κ3) is 5.92. The minimum Gasteiger partial charge on any atom is -0.339 e. The number of pyridine rings is 1. The van der Waals surface area contributed by atoms with Gasteiger partial charge in [-0.2, -0.15) is 0 Å². The molecule has 6 aromatic rings. The summed E-state index contributed by atoms with van der Waals surface area (Å²) in [6.45, 7) is 1.29. The number of rotatable bonds is 8. The van der Waals surface area contributed by atoms with Crippen LogP contribution in [0.2, 0.25) is 0 Å². The van der Waals surface area contributed by atoms with Crippen LogP contribution < -0.4 is 27.4 Å². The van der Waals surface area contributed by atoms with Crippen LogP contribution in [-0.4, -0.2) is 35.0 Å². The zero-order chi connectivity index (χ0) is 33.7. The van der Waals surface area contributed by atoms with E-state index in [4.69, 9.17) is 0 Å². The first-order valence-corrected chi connectivity index (χ1v) is 15.9. The summed E-state index contributed by atoms with van der Waals surface area (Å²) >= 11 is 1.97. The fraction of sp³-hybridized carbons (Fsp3) is 0.152. The van der Waals surface area contributed by atoms with E-state index in [1.165, 1.54) is 46.6 Å². The van der Waals surface area contributed by atoms with Gasteiger partial charge in [0.25, 0.3) is 11.1 Å². The summed E-state index contributed by atoms with van der Waals surface area (Å²) in [6, 6.07) is 16.4. The van der Waals surface area contributed by atoms with Gasteiger partial charge in [0.2, 0.25) is 5.91 Å². The molecule has 0 aliphatic heterocycles. The molecule has 0 spiro atoms. The van der Waals surface area contributed by atoms with Crippen molar-refractivity contribution in [2.45, 2.75) is 32.4 Å². The van der Waals surface area contributed by atoms with Gasteiger partial charge in [-0.1, -0.05) is 23.4 Å². The maximum absolute atomic E-state index is 14.9. The number of halogens is 3. The average Bonchev–Trinajstić information content (AvgIpc) is 3.77. The Bertz CT molecular complexity index is 2450. The number of carbonyl (C=O) groups excluding carboxylic acids is 1. The van der Waals surface area contributed by atoms with E-state index < -0.39 is 34.3 Å². The van der Waals surface area contributed by atoms with Crippen LogP contribution in [0.5, 0.6) is 0 Å². The molecule has 15 heteroatoms. The van der Waals surface area contributed by atoms with E-state index in [9.17, 15) is 28.0 Å². The van der Waals surface area contributed by atoms with Gasteiger partial charge < -0.3 is 15.6 Å². The number of aryl methyl sites for hydroxylation is 1. The summed E-state index contributed by atoms with van der Waals surface area (Å²) < 4.78 is 32.9. The number of hydrogen-bond acceptors (Lipinski definition) is 7. The van der Waals surface area contributed by atoms with E-state index in [0.29, 0.717) is 33.4 Å². The standard InChI is InChI=1S/C33H25F2IN8O4/c1-17-29-28(30(39-31(17)46)38-25-11-8-20(36)13-24(25)35)32(47)44(22-9-10-22)33(48)43(29)23-7-3-6-21(14-23)37-27(45)16-42-15-26(40-41-42)18-4-2-5-19(34)12-18/h2-8,11-15,22H,9-10,16H2,1H3,(H,37,45)(H2,38,39,46). The fourth-order valence-electron chi connectivity index (χ4n) is 5.52. The molecule has 1 aliphatic carbocycles. The number of aromatic amines is 1. The van der Waals surface area contributed by atoms with Crippen molar-refractivity contribution in [3.8, 4) is 16.9 Å². The fourth-order valence-corrected chi connectivity index (χ4v) is 5.97. The van der Waals surface area contributed by atoms with Crippen molar-refractivity contribution in [3.63, 3.8) is 0 Å². The van der Waals surface area contributed by atoms with Gasteiger partial charge in [-0.15, -0.1) is 5.10 Å². The van der Waals surface area contributed by atoms with E-state index >= 15 is 0 Å². The Kier molecular flexibility index (Phi) is 7.98. The van der Waals surface area contributed by atoms with Gasteiger partial charge in [0.15, 0.2) is 0 Å². The van der Waals surface area contributed by atoms with E-state index in [1.54, 1.807) is 42.5 Å². The van der Waals surface area contributed by atoms with Gasteiger partial charge in [0, 0.05) is 26.4 Å². The molecule has 1 fully saturated rings. The molecule has 1 saturated carbocycles. The molecule has 0 radical (unpaired) electrons. The topological polar surface area (TPSA) is 149 Å². The third-order valence-electron chi connectivity index (χ3n) is 7.93. The predicted octanol–water partition coefficient (Wildman–Crippen LogP) is 5.01. The Morgan fingerprint density at radius 1 is 1.04 bits per heavy atom. The Labute approximate surface area is 283 Å². The second kappa shape index (κ2) is 12.3. The number of nitrogens with one attached hydrogen (secondary N) is 3. The molecule has 0 saturated heterocycles. The molecule has 0 bridgehead atoms. The highest BCUT2D eigenvalue weighted by molar-refractivity contribution is 14.1. The maximum Gasteiger partial charge on any atom is 0.336 e. The molecule has 242 valence electrons. The lowest BCUT2D eigenvalue weighted by Gasteiger charge is -2.18. The van der Waals surface area contributed by atoms with Crippen molar-refractivity contribution < 1.29 is 13.6 Å². The molecular formula is C33H25F2IN8O4. The highest BCUT2D eigenvalue weighted by Gasteiger charge is 2.31. The summed E-state index contributed by atoms with van der Waals surface area (Å²) in [5.41, 5.74) is -0.140. The molecule has 1 amide bonds. The van der Waals surface area contributed by atoms with Crippen LogP contribution in [0, 0.1) is 22.1 Å². The molecule has 0 unspecified atom stereocenters. The number of anilines is 3. The van der Waals surface area contributed by atoms with E-state index in [-0.39, 0.29) is 46.2 Å². The number of nitrogens with zero attached hydrogens (tertiary/aromatic N) is 5. The number of fused-ring (bicyclic) bond motifs is 1. The average molecular weight is 763 g/mol. The van der Waals surface area contributed by atoms with Crippen LogP contribution in [0.4, 0.5) is 26.0 Å². The summed E-state index contributed by atoms with van der Waals surface area (Å²) in [7, 11) is 0. The molecule has 3 heterocycles. The Balaban J connectivity index is 1.28. The third-order valence-corrected chi connectivity index (χ3v) is 8.60. The van der Waals surface area contributed by atoms with Crippen LogP contribution in [-0.2, 0) is 11.3 Å². The van der Waals surface area contributed by atoms with Crippen molar-refractivity contribution in [2.24, 2.45) is 0 Å². The lowest BCUT2D eigenvalue weighted by molar-refractivity contribution is -0.116. The van der Waals surface area contributed by atoms with Crippen LogP contribution >= 0.6 is 22.6 Å². The van der Waals surface area contributed by atoms with E-state index in [1.807, 2.05) is 22.6 Å². The monoisotopic (exact) mass is 762 g/mol. The normalized spacial score (nSPS) is 12.8. The minimum atomic E-state index is -0.647. The molecular weight excluding hydrogens is 737 g/mol. The first kappa shape index (κ1) is 31.2. The zero-order valence-electron chi connectivity index (χ0n) is 25.1. The van der Waals surface area contributed by atoms with Gasteiger partial charge in [0.1, 0.15) is 35.1 Å². The van der Waals surface area contributed by atoms with Gasteiger partial charge in [-0.05, 0) is 90.9 Å². The molecule has 1 aliphatic rings. The van der Waals surface area contributed by atoms with Crippen molar-refractivity contribution >= 4 is 56.6 Å². The summed E-state index contributed by atoms with van der Waals surface area (Å²) in [6.07, 6.45) is 2.76. The number of hydrogen-bond donors (Lipinski definition) is 3. The Hall–Kier alpha value is -5.45. The van der Waals surface area contributed by atoms with Gasteiger partial charge in [0.05, 0.1) is 23.1 Å². The highest BCUT2D eigenvalue weighted by Crippen LogP contribution is 2.34. The zero-order valence-corrected chi connectivity index (χ0v) is 27.3. The smallest absolute Gasteiger partial charge is 0.336 e. The van der Waals surface area contributed by atoms with E-state index in [0.717, 1.165) is 4.57 Å². The number of benzene rings is 3. The Morgan fingerprint density at radius 2 is 1.83 bits per heavy atom. The van der Waals surface area contributed by atoms with Crippen LogP contribution in [0.3, 0.4) is 0 Å². The Morgan fingerprint density at radius 3 is 2.58 bits per heavy atom. The van der Waals surface area contributed by atoms with Crippen molar-refractivity contribution in [1.29, 1.82) is 0 Å². The number of amides is 1. The minimum absolute atomic E-state index is 0.00581. The molecule has 3 aromatic carbocycles. The second-order valence-electron chi connectivity index (χ2n) is 11.4. The first-order chi connectivity index (χ1) is 23.1. The van der Waals surface area contributed by atoms with Crippen molar-refractivity contribution in [3.05, 3.63) is 125 Å². The first-order valence-electron chi connectivity index (χ1n) is 14.8. The number of carbonyl (C=O) groups is 1. The molecule has 3 aromatic heterocycles. The van der Waals surface area contributed by atoms with E-state index in [2.05, 4.69) is 25.9 Å². The number of H-pyrrole nitrogens is 1. The SMILES string of the molecule is Cc1c(=O)[nH]c(Nc2ccc(I)cc2F)c2c(=O)n(C3CC3)c(=O)n(-c3cccc(NC(=O)Cn4cc(-c5cccc(F)c5)nn4)c3)c12. The predicted molar refractivity (Wildman–Crippen MR) is 184 cm³/mol. The van der Waals surface area contributed by atoms with Crippen LogP contribution in [0.1, 0.15) is 24.4 Å². The maximum atomic E-state index is 14.9. The van der Waals surface area contributed by atoms with Gasteiger partial charge in [-0.3, -0.25) is 23.5 Å². The lowest BCUT2D eigenvalue weighted by atomic mass is 10.1. The summed E-state index contributed by atoms with van der Waals surface area (Å²) in [5.74, 6) is -1.52. The lowest BCUT2D eigenvalue weighted by Crippen LogP contribution is -2.40. The van der Waals surface area contributed by atoms with Gasteiger partial charge in [-0.25, -0.2) is 18.3 Å². The van der Waals surface area contributed by atoms with Gasteiger partial charge >= 0.3 is 5.69 Å². The molecule has 48 heavy (non-hydrogen) atoms. The molecule has 7 rings (SSSR count). The van der Waals surface area contributed by atoms with Crippen molar-refractivity contribution in [2.75, 3.05) is 10.6 Å². The largest absolute Gasteiger partial charge is 0.339 e. The quantitative estimate of drug-likeness (QED) is 0.185. The molecule has 3 N–H and O–H groups in total. The van der Waals surface area contributed by atoms with Crippen LogP contribution in [0.15, 0.2) is 87.3 Å². The number of aromatic nitrogens is 6. The van der Waals surface area contributed by atoms with Crippen LogP contribution in [0.25, 0.3) is 27.8 Å². The summed E-state index contributed by atoms with van der Waals surface area (Å²) in [4.78, 5) is 56.8. The summed E-state index contributed by atoms with van der Waals surface area (Å²) in [5, 5.41) is 13.6. The van der Waals surface area contributed by atoms with Crippen molar-refractivity contribution in [1.82, 2.24) is 29.1 Å². The molecule has 12 nitrogen and oxygen atoms in total.